The Bertz CT molecular complexity index is 473. The van der Waals surface area contributed by atoms with Gasteiger partial charge in [0.15, 0.2) is 0 Å². The van der Waals surface area contributed by atoms with E-state index in [0.717, 1.165) is 16.3 Å². The Labute approximate surface area is 103 Å². The molecule has 16 heavy (non-hydrogen) atoms. The van der Waals surface area contributed by atoms with Gasteiger partial charge in [0.2, 0.25) is 0 Å². The first-order valence-electron chi connectivity index (χ1n) is 4.69. The van der Waals surface area contributed by atoms with Gasteiger partial charge < -0.3 is 5.73 Å². The number of rotatable bonds is 3. The molecular weight excluding hydrogens is 242 g/mol. The number of aromatic nitrogens is 2. The summed E-state index contributed by atoms with van der Waals surface area (Å²) in [5, 5.41) is 1.47. The minimum Gasteiger partial charge on any atom is -0.397 e. The maximum Gasteiger partial charge on any atom is 0.133 e. The molecule has 0 aliphatic heterocycles. The summed E-state index contributed by atoms with van der Waals surface area (Å²) in [5.74, 6) is 0.754. The Hall–Kier alpha value is -1.26. The van der Waals surface area contributed by atoms with E-state index in [4.69, 9.17) is 17.3 Å². The average Bonchev–Trinajstić information content (AvgIpc) is 2.30. The number of thioether (sulfide) groups is 1. The molecule has 0 bridgehead atoms. The highest BCUT2D eigenvalue weighted by atomic mass is 35.5. The zero-order valence-electron chi connectivity index (χ0n) is 8.43. The van der Waals surface area contributed by atoms with Crippen LogP contribution >= 0.6 is 23.4 Å². The lowest BCUT2D eigenvalue weighted by Gasteiger charge is -2.02. The van der Waals surface area contributed by atoms with Crippen LogP contribution in [0.4, 0.5) is 5.69 Å². The van der Waals surface area contributed by atoms with E-state index in [2.05, 4.69) is 9.97 Å². The van der Waals surface area contributed by atoms with Gasteiger partial charge in [0.05, 0.1) is 16.9 Å². The van der Waals surface area contributed by atoms with Gasteiger partial charge in [-0.15, -0.1) is 11.8 Å². The molecule has 0 aliphatic rings. The molecule has 0 fully saturated rings. The van der Waals surface area contributed by atoms with E-state index < -0.39 is 0 Å². The maximum atomic E-state index is 5.95. The van der Waals surface area contributed by atoms with Gasteiger partial charge in [-0.1, -0.05) is 17.7 Å². The topological polar surface area (TPSA) is 51.8 Å². The molecule has 5 heteroatoms. The highest BCUT2D eigenvalue weighted by Gasteiger charge is 2.02. The van der Waals surface area contributed by atoms with Crippen molar-refractivity contribution in [2.45, 2.75) is 10.8 Å². The van der Waals surface area contributed by atoms with Gasteiger partial charge in [-0.25, -0.2) is 9.97 Å². The van der Waals surface area contributed by atoms with Gasteiger partial charge in [0.25, 0.3) is 0 Å². The van der Waals surface area contributed by atoms with E-state index in [1.165, 1.54) is 0 Å². The third-order valence-electron chi connectivity index (χ3n) is 1.97. The standard InChI is InChI=1S/C11H10ClN3S/c12-11-8(2-1-5-14-11)7-16-10-4-3-9(13)6-15-10/h1-6H,7,13H2. The van der Waals surface area contributed by atoms with Crippen LogP contribution in [0.2, 0.25) is 5.15 Å². The Balaban J connectivity index is 2.02. The Kier molecular flexibility index (Phi) is 3.64. The number of nitrogens with zero attached hydrogens (tertiary/aromatic N) is 2. The molecule has 0 radical (unpaired) electrons. The molecule has 2 aromatic heterocycles. The molecule has 0 spiro atoms. The van der Waals surface area contributed by atoms with Crippen molar-refractivity contribution in [3.8, 4) is 0 Å². The molecule has 0 unspecified atom stereocenters. The molecular formula is C11H10ClN3S. The second kappa shape index (κ2) is 5.18. The van der Waals surface area contributed by atoms with Crippen LogP contribution in [0.25, 0.3) is 0 Å². The van der Waals surface area contributed by atoms with Gasteiger partial charge in [-0.2, -0.15) is 0 Å². The molecule has 2 heterocycles. The Morgan fingerprint density at radius 3 is 2.81 bits per heavy atom. The van der Waals surface area contributed by atoms with E-state index in [-0.39, 0.29) is 0 Å². The van der Waals surface area contributed by atoms with Crippen LogP contribution < -0.4 is 5.73 Å². The highest BCUT2D eigenvalue weighted by Crippen LogP contribution is 2.24. The molecule has 2 rings (SSSR count). The third-order valence-corrected chi connectivity index (χ3v) is 3.30. The number of halogens is 1. The Morgan fingerprint density at radius 1 is 1.25 bits per heavy atom. The van der Waals surface area contributed by atoms with Crippen molar-refractivity contribution in [1.29, 1.82) is 0 Å². The van der Waals surface area contributed by atoms with Crippen LogP contribution in [0, 0.1) is 0 Å². The predicted octanol–water partition coefficient (Wildman–Crippen LogP) is 3.00. The first-order valence-corrected chi connectivity index (χ1v) is 6.06. The fourth-order valence-corrected chi connectivity index (χ4v) is 2.25. The lowest BCUT2D eigenvalue weighted by Crippen LogP contribution is -1.88. The zero-order chi connectivity index (χ0) is 11.4. The molecule has 82 valence electrons. The SMILES string of the molecule is Nc1ccc(SCc2cccnc2Cl)nc1. The number of nitrogen functional groups attached to an aromatic ring is 1. The second-order valence-corrected chi connectivity index (χ2v) is 4.53. The molecule has 2 N–H and O–H groups in total. The van der Waals surface area contributed by atoms with Gasteiger partial charge in [-0.3, -0.25) is 0 Å². The van der Waals surface area contributed by atoms with Crippen molar-refractivity contribution < 1.29 is 0 Å². The lowest BCUT2D eigenvalue weighted by atomic mass is 10.3. The van der Waals surface area contributed by atoms with Crippen molar-refractivity contribution in [2.75, 3.05) is 5.73 Å². The number of nitrogens with two attached hydrogens (primary N) is 1. The quantitative estimate of drug-likeness (QED) is 0.673. The molecule has 0 amide bonds. The van der Waals surface area contributed by atoms with Crippen molar-refractivity contribution in [3.63, 3.8) is 0 Å². The van der Waals surface area contributed by atoms with Crippen LogP contribution in [0.5, 0.6) is 0 Å². The van der Waals surface area contributed by atoms with E-state index in [1.54, 1.807) is 24.2 Å². The molecule has 0 atom stereocenters. The van der Waals surface area contributed by atoms with Crippen LogP contribution in [0.3, 0.4) is 0 Å². The van der Waals surface area contributed by atoms with Crippen molar-refractivity contribution in [2.24, 2.45) is 0 Å². The first kappa shape index (κ1) is 11.2. The van der Waals surface area contributed by atoms with Crippen LogP contribution in [-0.2, 0) is 5.75 Å². The zero-order valence-corrected chi connectivity index (χ0v) is 10.0. The number of anilines is 1. The smallest absolute Gasteiger partial charge is 0.133 e. The lowest BCUT2D eigenvalue weighted by molar-refractivity contribution is 1.13. The van der Waals surface area contributed by atoms with Crippen molar-refractivity contribution in [1.82, 2.24) is 9.97 Å². The fraction of sp³-hybridized carbons (Fsp3) is 0.0909. The third kappa shape index (κ3) is 2.87. The van der Waals surface area contributed by atoms with E-state index in [0.29, 0.717) is 10.8 Å². The normalized spacial score (nSPS) is 10.3. The molecule has 0 saturated carbocycles. The van der Waals surface area contributed by atoms with E-state index in [9.17, 15) is 0 Å². The van der Waals surface area contributed by atoms with Gasteiger partial charge in [-0.05, 0) is 23.8 Å². The monoisotopic (exact) mass is 251 g/mol. The number of hydrogen-bond acceptors (Lipinski definition) is 4. The van der Waals surface area contributed by atoms with Crippen molar-refractivity contribution >= 4 is 29.1 Å². The average molecular weight is 252 g/mol. The minimum atomic E-state index is 0.547. The number of hydrogen-bond donors (Lipinski definition) is 1. The summed E-state index contributed by atoms with van der Waals surface area (Å²) in [6, 6.07) is 7.56. The minimum absolute atomic E-state index is 0.547. The largest absolute Gasteiger partial charge is 0.397 e. The summed E-state index contributed by atoms with van der Waals surface area (Å²) in [6.45, 7) is 0. The molecule has 2 aromatic rings. The van der Waals surface area contributed by atoms with Gasteiger partial charge >= 0.3 is 0 Å². The van der Waals surface area contributed by atoms with Crippen molar-refractivity contribution in [3.05, 3.63) is 47.4 Å². The summed E-state index contributed by atoms with van der Waals surface area (Å²) in [5.41, 5.74) is 7.23. The summed E-state index contributed by atoms with van der Waals surface area (Å²) in [4.78, 5) is 8.21. The Morgan fingerprint density at radius 2 is 2.12 bits per heavy atom. The molecule has 3 nitrogen and oxygen atoms in total. The second-order valence-electron chi connectivity index (χ2n) is 3.17. The molecule has 0 saturated heterocycles. The summed E-state index contributed by atoms with van der Waals surface area (Å²) in [7, 11) is 0. The fourth-order valence-electron chi connectivity index (χ4n) is 1.16. The highest BCUT2D eigenvalue weighted by molar-refractivity contribution is 7.98. The van der Waals surface area contributed by atoms with Crippen LogP contribution in [-0.4, -0.2) is 9.97 Å². The summed E-state index contributed by atoms with van der Waals surface area (Å²) < 4.78 is 0. The predicted molar refractivity (Wildman–Crippen MR) is 67.5 cm³/mol. The van der Waals surface area contributed by atoms with E-state index in [1.807, 2.05) is 24.3 Å². The first-order chi connectivity index (χ1) is 7.75. The maximum absolute atomic E-state index is 5.95. The summed E-state index contributed by atoms with van der Waals surface area (Å²) >= 11 is 7.56. The summed E-state index contributed by atoms with van der Waals surface area (Å²) in [6.07, 6.45) is 3.32. The molecule has 0 aliphatic carbocycles. The van der Waals surface area contributed by atoms with Gasteiger partial charge in [0.1, 0.15) is 5.15 Å². The molecule has 0 aromatic carbocycles. The van der Waals surface area contributed by atoms with Gasteiger partial charge in [0, 0.05) is 11.9 Å². The van der Waals surface area contributed by atoms with Crippen LogP contribution in [0.1, 0.15) is 5.56 Å². The van der Waals surface area contributed by atoms with Crippen LogP contribution in [0.15, 0.2) is 41.7 Å². The van der Waals surface area contributed by atoms with E-state index >= 15 is 0 Å². The number of pyridine rings is 2.